The number of aromatic hydroxyl groups is 5. The van der Waals surface area contributed by atoms with Gasteiger partial charge in [-0.3, -0.25) is 4.79 Å². The van der Waals surface area contributed by atoms with Crippen molar-refractivity contribution in [2.24, 2.45) is 0 Å². The monoisotopic (exact) mass is 480 g/mol. The van der Waals surface area contributed by atoms with Crippen molar-refractivity contribution in [3.63, 3.8) is 0 Å². The Bertz CT molecular complexity index is 1300. The van der Waals surface area contributed by atoms with Crippen molar-refractivity contribution < 1.29 is 59.8 Å². The summed E-state index contributed by atoms with van der Waals surface area (Å²) < 4.78 is 16.0. The molecule has 0 spiro atoms. The lowest BCUT2D eigenvalue weighted by Crippen LogP contribution is -2.60. The van der Waals surface area contributed by atoms with Gasteiger partial charge in [0, 0.05) is 11.6 Å². The van der Waals surface area contributed by atoms with Gasteiger partial charge in [-0.1, -0.05) is 0 Å². The lowest BCUT2D eigenvalue weighted by atomic mass is 9.99. The average Bonchev–Trinajstić information content (AvgIpc) is 2.81. The SMILES string of the molecule is O=c1c(O)c(-c2ccc(O)c(O)c2)oc2cc(O[C@@H]3OC(CO)[C@@H](O)[C@H](O)C3O)c(O)c(O)c12. The van der Waals surface area contributed by atoms with Crippen molar-refractivity contribution in [3.05, 3.63) is 34.5 Å². The Morgan fingerprint density at radius 3 is 2.21 bits per heavy atom. The predicted octanol–water partition coefficient (Wildman–Crippen LogP) is -0.833. The minimum absolute atomic E-state index is 0.0178. The standard InChI is InChI=1S/C21H20O13/c22-5-11-14(26)17(29)19(31)21(34-11)33-10-4-9-12(15(27)13(10)25)16(28)18(30)20(32-9)6-1-2-7(23)8(24)3-6/h1-4,11,14,17,19,21-27,29-31H,5H2/t11?,14-,17+,19?,21-/m1/s1. The fraction of sp³-hybridized carbons (Fsp3) is 0.286. The third kappa shape index (κ3) is 3.70. The largest absolute Gasteiger partial charge is 0.504 e. The molecular weight excluding hydrogens is 460 g/mol. The number of phenols is 4. The van der Waals surface area contributed by atoms with Crippen molar-refractivity contribution in [3.8, 4) is 45.8 Å². The van der Waals surface area contributed by atoms with Crippen molar-refractivity contribution in [1.82, 2.24) is 0 Å². The van der Waals surface area contributed by atoms with Crippen LogP contribution in [0.15, 0.2) is 33.5 Å². The maximum absolute atomic E-state index is 12.7. The Balaban J connectivity index is 1.82. The van der Waals surface area contributed by atoms with Gasteiger partial charge in [-0.05, 0) is 18.2 Å². The van der Waals surface area contributed by atoms with E-state index in [1.54, 1.807) is 0 Å². The van der Waals surface area contributed by atoms with Crippen LogP contribution >= 0.6 is 0 Å². The molecule has 13 nitrogen and oxygen atoms in total. The molecule has 1 aliphatic rings. The summed E-state index contributed by atoms with van der Waals surface area (Å²) in [4.78, 5) is 12.7. The molecular formula is C21H20O13. The van der Waals surface area contributed by atoms with E-state index in [1.807, 2.05) is 0 Å². The maximum atomic E-state index is 12.7. The van der Waals surface area contributed by atoms with Crippen LogP contribution in [0, 0.1) is 0 Å². The summed E-state index contributed by atoms with van der Waals surface area (Å²) >= 11 is 0. The van der Waals surface area contributed by atoms with Gasteiger partial charge in [0.05, 0.1) is 6.61 Å². The first kappa shape index (κ1) is 23.4. The highest BCUT2D eigenvalue weighted by Crippen LogP contribution is 2.44. The Morgan fingerprint density at radius 1 is 0.853 bits per heavy atom. The second-order valence-corrected chi connectivity index (χ2v) is 7.57. The number of phenolic OH excluding ortho intramolecular Hbond substituents is 4. The van der Waals surface area contributed by atoms with Gasteiger partial charge >= 0.3 is 0 Å². The minimum atomic E-state index is -1.84. The van der Waals surface area contributed by atoms with Crippen LogP contribution < -0.4 is 10.2 Å². The van der Waals surface area contributed by atoms with E-state index in [9.17, 15) is 50.8 Å². The second kappa shape index (κ2) is 8.55. The summed E-state index contributed by atoms with van der Waals surface area (Å²) in [7, 11) is 0. The van der Waals surface area contributed by atoms with E-state index < -0.39 is 94.0 Å². The van der Waals surface area contributed by atoms with Gasteiger partial charge in [-0.2, -0.15) is 0 Å². The van der Waals surface area contributed by atoms with Crippen LogP contribution in [0.25, 0.3) is 22.3 Å². The van der Waals surface area contributed by atoms with Crippen LogP contribution in [0.5, 0.6) is 34.5 Å². The van der Waals surface area contributed by atoms with Gasteiger partial charge in [-0.25, -0.2) is 0 Å². The molecule has 5 atom stereocenters. The van der Waals surface area contributed by atoms with Crippen molar-refractivity contribution >= 4 is 11.0 Å². The highest BCUT2D eigenvalue weighted by Gasteiger charge is 2.45. The van der Waals surface area contributed by atoms with Crippen molar-refractivity contribution in [1.29, 1.82) is 0 Å². The normalized spacial score (nSPS) is 24.9. The maximum Gasteiger partial charge on any atom is 0.238 e. The number of fused-ring (bicyclic) bond motifs is 1. The van der Waals surface area contributed by atoms with Crippen LogP contribution in [0.1, 0.15) is 0 Å². The molecule has 0 radical (unpaired) electrons. The van der Waals surface area contributed by atoms with Gasteiger partial charge in [0.2, 0.25) is 23.2 Å². The van der Waals surface area contributed by atoms with Gasteiger partial charge < -0.3 is 59.8 Å². The number of benzene rings is 2. The topological polar surface area (TPSA) is 231 Å². The molecule has 182 valence electrons. The molecule has 13 heteroatoms. The Morgan fingerprint density at radius 2 is 1.56 bits per heavy atom. The summed E-state index contributed by atoms with van der Waals surface area (Å²) in [5.41, 5.74) is -1.56. The zero-order valence-corrected chi connectivity index (χ0v) is 17.1. The number of hydrogen-bond donors (Lipinski definition) is 9. The summed E-state index contributed by atoms with van der Waals surface area (Å²) in [6.45, 7) is -0.739. The minimum Gasteiger partial charge on any atom is -0.504 e. The highest BCUT2D eigenvalue weighted by atomic mass is 16.7. The predicted molar refractivity (Wildman–Crippen MR) is 111 cm³/mol. The van der Waals surface area contributed by atoms with E-state index in [1.165, 1.54) is 6.07 Å². The van der Waals surface area contributed by atoms with E-state index in [-0.39, 0.29) is 5.56 Å². The number of hydrogen-bond acceptors (Lipinski definition) is 13. The van der Waals surface area contributed by atoms with E-state index >= 15 is 0 Å². The van der Waals surface area contributed by atoms with E-state index in [4.69, 9.17) is 13.9 Å². The zero-order valence-electron chi connectivity index (χ0n) is 17.1. The van der Waals surface area contributed by atoms with E-state index in [2.05, 4.69) is 0 Å². The Hall–Kier alpha value is -3.75. The molecule has 1 aliphatic heterocycles. The van der Waals surface area contributed by atoms with Crippen LogP contribution in [0.4, 0.5) is 0 Å². The Labute approximate surface area is 189 Å². The molecule has 0 aliphatic carbocycles. The van der Waals surface area contributed by atoms with Crippen molar-refractivity contribution in [2.45, 2.75) is 30.7 Å². The summed E-state index contributed by atoms with van der Waals surface area (Å²) in [5, 5.41) is 88.8. The molecule has 1 fully saturated rings. The summed E-state index contributed by atoms with van der Waals surface area (Å²) in [6.07, 6.45) is -8.32. The van der Waals surface area contributed by atoms with Gasteiger partial charge in [-0.15, -0.1) is 0 Å². The smallest absolute Gasteiger partial charge is 0.238 e. The first-order chi connectivity index (χ1) is 16.0. The molecule has 1 aromatic heterocycles. The molecule has 9 N–H and O–H groups in total. The molecule has 4 rings (SSSR count). The summed E-state index contributed by atoms with van der Waals surface area (Å²) in [5.74, 6) is -5.06. The first-order valence-corrected chi connectivity index (χ1v) is 9.79. The van der Waals surface area contributed by atoms with Crippen LogP contribution in [-0.2, 0) is 4.74 Å². The molecule has 2 heterocycles. The van der Waals surface area contributed by atoms with Crippen LogP contribution in [0.3, 0.4) is 0 Å². The first-order valence-electron chi connectivity index (χ1n) is 9.79. The van der Waals surface area contributed by atoms with Gasteiger partial charge in [0.25, 0.3) is 0 Å². The second-order valence-electron chi connectivity index (χ2n) is 7.57. The molecule has 1 saturated heterocycles. The van der Waals surface area contributed by atoms with Crippen LogP contribution in [-0.4, -0.2) is 83.3 Å². The zero-order chi connectivity index (χ0) is 24.9. The van der Waals surface area contributed by atoms with Crippen LogP contribution in [0.2, 0.25) is 0 Å². The lowest BCUT2D eigenvalue weighted by Gasteiger charge is -2.39. The average molecular weight is 480 g/mol. The molecule has 0 amide bonds. The summed E-state index contributed by atoms with van der Waals surface area (Å²) in [6, 6.07) is 4.24. The number of ether oxygens (including phenoxy) is 2. The van der Waals surface area contributed by atoms with Crippen molar-refractivity contribution in [2.75, 3.05) is 6.61 Å². The lowest BCUT2D eigenvalue weighted by molar-refractivity contribution is -0.277. The number of aliphatic hydroxyl groups excluding tert-OH is 4. The molecule has 0 saturated carbocycles. The fourth-order valence-corrected chi connectivity index (χ4v) is 3.53. The fourth-order valence-electron chi connectivity index (χ4n) is 3.53. The third-order valence-electron chi connectivity index (χ3n) is 5.40. The molecule has 2 aromatic carbocycles. The van der Waals surface area contributed by atoms with E-state index in [0.29, 0.717) is 0 Å². The Kier molecular flexibility index (Phi) is 5.89. The van der Waals surface area contributed by atoms with Gasteiger partial charge in [0.15, 0.2) is 28.8 Å². The van der Waals surface area contributed by atoms with E-state index in [0.717, 1.165) is 18.2 Å². The highest BCUT2D eigenvalue weighted by molar-refractivity contribution is 5.91. The molecule has 2 unspecified atom stereocenters. The number of rotatable bonds is 4. The molecule has 3 aromatic rings. The number of aliphatic hydroxyl groups is 4. The van der Waals surface area contributed by atoms with Gasteiger partial charge in [0.1, 0.15) is 35.4 Å². The molecule has 34 heavy (non-hydrogen) atoms. The molecule has 0 bridgehead atoms. The quantitative estimate of drug-likeness (QED) is 0.208. The third-order valence-corrected chi connectivity index (χ3v) is 5.40.